The van der Waals surface area contributed by atoms with Crippen LogP contribution in [-0.4, -0.2) is 5.11 Å². The fourth-order valence-electron chi connectivity index (χ4n) is 0.708. The number of hydrogen-bond acceptors (Lipinski definition) is 3. The Balaban J connectivity index is 2.86. The number of thiophene rings is 1. The second kappa shape index (κ2) is 3.85. The lowest BCUT2D eigenvalue weighted by Crippen LogP contribution is -1.95. The van der Waals surface area contributed by atoms with Crippen molar-refractivity contribution in [2.75, 3.05) is 0 Å². The van der Waals surface area contributed by atoms with Gasteiger partial charge in [-0.3, -0.25) is 0 Å². The molecule has 1 rings (SSSR count). The molecule has 1 aromatic heterocycles. The molecular weight excluding hydrogens is 238 g/mol. The van der Waals surface area contributed by atoms with Crippen LogP contribution in [-0.2, 0) is 0 Å². The molecule has 0 aliphatic carbocycles. The molecule has 0 aliphatic rings. The third kappa shape index (κ3) is 1.95. The Morgan fingerprint density at radius 2 is 2.42 bits per heavy atom. The van der Waals surface area contributed by atoms with Gasteiger partial charge in [0, 0.05) is 4.88 Å². The molecule has 0 saturated heterocycles. The highest BCUT2D eigenvalue weighted by atomic mass is 79.9. The maximum atomic E-state index is 9.47. The van der Waals surface area contributed by atoms with Crippen LogP contribution < -0.4 is 0 Å². The number of halogens is 1. The van der Waals surface area contributed by atoms with Gasteiger partial charge in [0.15, 0.2) is 0 Å². The van der Waals surface area contributed by atoms with Crippen LogP contribution in [0, 0.1) is 11.3 Å². The first kappa shape index (κ1) is 9.46. The van der Waals surface area contributed by atoms with Gasteiger partial charge in [0.05, 0.1) is 15.4 Å². The molecule has 4 heteroatoms. The van der Waals surface area contributed by atoms with Crippen LogP contribution in [0.4, 0.5) is 0 Å². The molecule has 1 N–H and O–H groups in total. The van der Waals surface area contributed by atoms with Gasteiger partial charge in [0.2, 0.25) is 0 Å². The minimum absolute atomic E-state index is 0.171. The van der Waals surface area contributed by atoms with Gasteiger partial charge in [-0.2, -0.15) is 5.26 Å². The lowest BCUT2D eigenvalue weighted by molar-refractivity contribution is 0.225. The van der Waals surface area contributed by atoms with E-state index in [1.807, 2.05) is 12.1 Å². The van der Waals surface area contributed by atoms with Crippen molar-refractivity contribution in [1.82, 2.24) is 0 Å². The van der Waals surface area contributed by atoms with Crippen LogP contribution >= 0.6 is 27.3 Å². The molecule has 1 unspecified atom stereocenters. The first-order valence-electron chi connectivity index (χ1n) is 3.17. The van der Waals surface area contributed by atoms with Crippen LogP contribution in [0.25, 0.3) is 0 Å². The summed E-state index contributed by atoms with van der Waals surface area (Å²) < 4.78 is 0.933. The Morgan fingerprint density at radius 3 is 2.83 bits per heavy atom. The highest BCUT2D eigenvalue weighted by Gasteiger charge is 2.12. The zero-order valence-corrected chi connectivity index (χ0v) is 8.52. The van der Waals surface area contributed by atoms with Crippen molar-refractivity contribution in [3.05, 3.63) is 32.9 Å². The Labute approximate surface area is 82.9 Å². The molecule has 0 spiro atoms. The summed E-state index contributed by atoms with van der Waals surface area (Å²) in [6, 6.07) is 5.41. The molecule has 0 amide bonds. The van der Waals surface area contributed by atoms with Gasteiger partial charge >= 0.3 is 0 Å². The highest BCUT2D eigenvalue weighted by molar-refractivity contribution is 9.11. The molecule has 1 aromatic rings. The van der Waals surface area contributed by atoms with Gasteiger partial charge < -0.3 is 5.11 Å². The smallest absolute Gasteiger partial charge is 0.122 e. The third-order valence-electron chi connectivity index (χ3n) is 1.34. The lowest BCUT2D eigenvalue weighted by Gasteiger charge is -2.03. The van der Waals surface area contributed by atoms with Crippen LogP contribution in [0.2, 0.25) is 0 Å². The number of nitrogens with zero attached hydrogens (tertiary/aromatic N) is 1. The SMILES string of the molecule is C=C(C#N)C(O)c1ccc(Br)s1. The topological polar surface area (TPSA) is 44.0 Å². The number of nitriles is 1. The second-order valence-electron chi connectivity index (χ2n) is 2.18. The largest absolute Gasteiger partial charge is 0.382 e. The van der Waals surface area contributed by atoms with E-state index >= 15 is 0 Å². The van der Waals surface area contributed by atoms with Crippen molar-refractivity contribution in [2.24, 2.45) is 0 Å². The second-order valence-corrected chi connectivity index (χ2v) is 4.68. The van der Waals surface area contributed by atoms with E-state index in [4.69, 9.17) is 5.26 Å². The average molecular weight is 244 g/mol. The molecular formula is C8H6BrNOS. The predicted molar refractivity (Wildman–Crippen MR) is 51.7 cm³/mol. The Bertz CT molecular complexity index is 339. The van der Waals surface area contributed by atoms with Gasteiger partial charge in [-0.1, -0.05) is 6.58 Å². The van der Waals surface area contributed by atoms with Crippen LogP contribution in [0.15, 0.2) is 28.1 Å². The Hall–Kier alpha value is -0.630. The van der Waals surface area contributed by atoms with E-state index in [1.165, 1.54) is 11.3 Å². The van der Waals surface area contributed by atoms with Crippen LogP contribution in [0.1, 0.15) is 11.0 Å². The summed E-state index contributed by atoms with van der Waals surface area (Å²) in [5, 5.41) is 17.9. The van der Waals surface area contributed by atoms with Gasteiger partial charge in [0.25, 0.3) is 0 Å². The quantitative estimate of drug-likeness (QED) is 0.812. The minimum Gasteiger partial charge on any atom is -0.382 e. The maximum Gasteiger partial charge on any atom is 0.122 e. The standard InChI is InChI=1S/C8H6BrNOS/c1-5(4-10)8(11)6-2-3-7(9)12-6/h2-3,8,11H,1H2. The van der Waals surface area contributed by atoms with E-state index in [9.17, 15) is 5.11 Å². The maximum absolute atomic E-state index is 9.47. The zero-order chi connectivity index (χ0) is 9.14. The molecule has 1 heterocycles. The van der Waals surface area contributed by atoms with Crippen molar-refractivity contribution in [1.29, 1.82) is 5.26 Å². The van der Waals surface area contributed by atoms with Crippen molar-refractivity contribution >= 4 is 27.3 Å². The number of aliphatic hydroxyl groups excluding tert-OH is 1. The van der Waals surface area contributed by atoms with Crippen LogP contribution in [0.5, 0.6) is 0 Å². The summed E-state index contributed by atoms with van der Waals surface area (Å²) in [6.45, 7) is 3.44. The number of rotatable bonds is 2. The summed E-state index contributed by atoms with van der Waals surface area (Å²) in [4.78, 5) is 0.730. The van der Waals surface area contributed by atoms with Crippen molar-refractivity contribution < 1.29 is 5.11 Å². The monoisotopic (exact) mass is 243 g/mol. The minimum atomic E-state index is -0.855. The zero-order valence-electron chi connectivity index (χ0n) is 6.12. The van der Waals surface area contributed by atoms with Gasteiger partial charge in [-0.05, 0) is 28.1 Å². The number of aliphatic hydroxyl groups is 1. The fraction of sp³-hybridized carbons (Fsp3) is 0.125. The summed E-state index contributed by atoms with van der Waals surface area (Å²) in [7, 11) is 0. The van der Waals surface area contributed by atoms with E-state index in [2.05, 4.69) is 22.5 Å². The molecule has 1 atom stereocenters. The van der Waals surface area contributed by atoms with E-state index < -0.39 is 6.10 Å². The third-order valence-corrected chi connectivity index (χ3v) is 3.01. The molecule has 12 heavy (non-hydrogen) atoms. The van der Waals surface area contributed by atoms with Crippen LogP contribution in [0.3, 0.4) is 0 Å². The van der Waals surface area contributed by atoms with Gasteiger partial charge in [-0.25, -0.2) is 0 Å². The molecule has 0 bridgehead atoms. The molecule has 0 aliphatic heterocycles. The molecule has 0 fully saturated rings. The molecule has 0 saturated carbocycles. The Morgan fingerprint density at radius 1 is 1.75 bits per heavy atom. The summed E-state index contributed by atoms with van der Waals surface area (Å²) >= 11 is 4.66. The summed E-state index contributed by atoms with van der Waals surface area (Å²) in [6.07, 6.45) is -0.855. The van der Waals surface area contributed by atoms with E-state index in [-0.39, 0.29) is 5.57 Å². The molecule has 2 nitrogen and oxygen atoms in total. The summed E-state index contributed by atoms with van der Waals surface area (Å²) in [5.74, 6) is 0. The first-order valence-corrected chi connectivity index (χ1v) is 4.78. The van der Waals surface area contributed by atoms with Gasteiger partial charge in [-0.15, -0.1) is 11.3 Å². The highest BCUT2D eigenvalue weighted by Crippen LogP contribution is 2.30. The van der Waals surface area contributed by atoms with E-state index in [0.717, 1.165) is 8.66 Å². The average Bonchev–Trinajstić information content (AvgIpc) is 2.49. The van der Waals surface area contributed by atoms with E-state index in [1.54, 1.807) is 6.07 Å². The molecule has 0 aromatic carbocycles. The summed E-state index contributed by atoms with van der Waals surface area (Å²) in [5.41, 5.74) is 0.171. The molecule has 62 valence electrons. The Kier molecular flexibility index (Phi) is 3.04. The first-order chi connectivity index (χ1) is 5.65. The van der Waals surface area contributed by atoms with E-state index in [0.29, 0.717) is 0 Å². The predicted octanol–water partition coefficient (Wildman–Crippen LogP) is 2.62. The van der Waals surface area contributed by atoms with Crippen molar-refractivity contribution in [3.8, 4) is 6.07 Å². The van der Waals surface area contributed by atoms with Crippen molar-refractivity contribution in [2.45, 2.75) is 6.10 Å². The van der Waals surface area contributed by atoms with Gasteiger partial charge in [0.1, 0.15) is 6.10 Å². The fourth-order valence-corrected chi connectivity index (χ4v) is 2.15. The lowest BCUT2D eigenvalue weighted by atomic mass is 10.1. The molecule has 0 radical (unpaired) electrons. The normalized spacial score (nSPS) is 12.1. The van der Waals surface area contributed by atoms with Crippen molar-refractivity contribution in [3.63, 3.8) is 0 Å². The number of hydrogen-bond donors (Lipinski definition) is 1.